The fourth-order valence-corrected chi connectivity index (χ4v) is 3.18. The third kappa shape index (κ3) is 5.66. The van der Waals surface area contributed by atoms with Gasteiger partial charge in [-0.1, -0.05) is 20.8 Å². The van der Waals surface area contributed by atoms with Gasteiger partial charge < -0.3 is 15.8 Å². The van der Waals surface area contributed by atoms with Crippen LogP contribution in [-0.4, -0.2) is 34.6 Å². The zero-order valence-corrected chi connectivity index (χ0v) is 15.9. The average Bonchev–Trinajstić information content (AvgIpc) is 2.56. The summed E-state index contributed by atoms with van der Waals surface area (Å²) in [5.41, 5.74) is 6.66. The summed E-state index contributed by atoms with van der Waals surface area (Å²) >= 11 is 0. The average molecular weight is 348 g/mol. The number of carbonyl (C=O) groups excluding carboxylic acids is 1. The Morgan fingerprint density at radius 2 is 2.00 bits per heavy atom. The first-order valence-corrected chi connectivity index (χ1v) is 9.44. The quantitative estimate of drug-likeness (QED) is 0.753. The largest absolute Gasteiger partial charge is 0.379 e. The van der Waals surface area contributed by atoms with Crippen LogP contribution in [0.4, 0.5) is 5.95 Å². The van der Waals surface area contributed by atoms with Crippen molar-refractivity contribution >= 4 is 11.9 Å². The number of hydrogen-bond donors (Lipinski definition) is 2. The van der Waals surface area contributed by atoms with Crippen molar-refractivity contribution in [3.8, 4) is 0 Å². The molecule has 0 aliphatic heterocycles. The molecule has 1 amide bonds. The third-order valence-corrected chi connectivity index (χ3v) is 5.20. The molecule has 25 heavy (non-hydrogen) atoms. The van der Waals surface area contributed by atoms with Crippen LogP contribution in [-0.2, 0) is 11.2 Å². The zero-order valence-electron chi connectivity index (χ0n) is 15.9. The maximum Gasteiger partial charge on any atom is 0.252 e. The van der Waals surface area contributed by atoms with Crippen LogP contribution in [0.3, 0.4) is 0 Å². The van der Waals surface area contributed by atoms with Crippen molar-refractivity contribution in [2.45, 2.75) is 71.9 Å². The molecule has 140 valence electrons. The van der Waals surface area contributed by atoms with Gasteiger partial charge in [0.1, 0.15) is 0 Å². The molecule has 3 N–H and O–H groups in total. The van der Waals surface area contributed by atoms with E-state index in [0.717, 1.165) is 44.4 Å². The molecule has 1 aromatic rings. The summed E-state index contributed by atoms with van der Waals surface area (Å²) in [4.78, 5) is 20.6. The number of hydrogen-bond acceptors (Lipinski definition) is 5. The molecule has 0 aromatic carbocycles. The normalized spacial score (nSPS) is 22.0. The van der Waals surface area contributed by atoms with E-state index in [2.05, 4.69) is 36.1 Å². The second-order valence-corrected chi connectivity index (χ2v) is 7.42. The molecule has 0 radical (unpaired) electrons. The summed E-state index contributed by atoms with van der Waals surface area (Å²) in [5.74, 6) is 1.06. The SMILES string of the molecule is CCOC1CCC(Nc2ncc(C(N)=O)c(C[C@H](C)C(C)C)n2)CC1. The lowest BCUT2D eigenvalue weighted by molar-refractivity contribution is 0.0346. The van der Waals surface area contributed by atoms with E-state index < -0.39 is 5.91 Å². The predicted octanol–water partition coefficient (Wildman–Crippen LogP) is 3.17. The van der Waals surface area contributed by atoms with Crippen LogP contribution >= 0.6 is 0 Å². The number of rotatable bonds is 8. The number of nitrogens with zero attached hydrogens (tertiary/aromatic N) is 2. The number of carbonyl (C=O) groups is 1. The van der Waals surface area contributed by atoms with Gasteiger partial charge in [-0.3, -0.25) is 4.79 Å². The highest BCUT2D eigenvalue weighted by molar-refractivity contribution is 5.93. The Hall–Kier alpha value is -1.69. The lowest BCUT2D eigenvalue weighted by atomic mass is 9.92. The van der Waals surface area contributed by atoms with Crippen molar-refractivity contribution in [3.63, 3.8) is 0 Å². The molecule has 1 saturated carbocycles. The van der Waals surface area contributed by atoms with Crippen LogP contribution < -0.4 is 11.1 Å². The van der Waals surface area contributed by atoms with Gasteiger partial charge in [0.2, 0.25) is 5.95 Å². The fourth-order valence-electron chi connectivity index (χ4n) is 3.18. The second-order valence-electron chi connectivity index (χ2n) is 7.42. The first-order valence-electron chi connectivity index (χ1n) is 9.44. The number of primary amides is 1. The van der Waals surface area contributed by atoms with Gasteiger partial charge >= 0.3 is 0 Å². The van der Waals surface area contributed by atoms with Crippen LogP contribution in [0.15, 0.2) is 6.20 Å². The van der Waals surface area contributed by atoms with E-state index in [4.69, 9.17) is 10.5 Å². The van der Waals surface area contributed by atoms with Gasteiger partial charge in [-0.2, -0.15) is 0 Å². The van der Waals surface area contributed by atoms with E-state index in [1.165, 1.54) is 0 Å². The van der Waals surface area contributed by atoms with Crippen molar-refractivity contribution in [3.05, 3.63) is 17.5 Å². The molecule has 6 nitrogen and oxygen atoms in total. The molecule has 0 unspecified atom stereocenters. The van der Waals surface area contributed by atoms with Gasteiger partial charge in [0.05, 0.1) is 17.4 Å². The molecule has 1 aromatic heterocycles. The number of nitrogens with two attached hydrogens (primary N) is 1. The van der Waals surface area contributed by atoms with Crippen LogP contribution in [0.2, 0.25) is 0 Å². The maximum atomic E-state index is 11.7. The molecular weight excluding hydrogens is 316 g/mol. The minimum Gasteiger partial charge on any atom is -0.379 e. The highest BCUT2D eigenvalue weighted by Gasteiger charge is 2.23. The monoisotopic (exact) mass is 348 g/mol. The zero-order chi connectivity index (χ0) is 18.4. The van der Waals surface area contributed by atoms with Gasteiger partial charge in [0.25, 0.3) is 5.91 Å². The Balaban J connectivity index is 2.05. The molecule has 1 aliphatic rings. The number of anilines is 1. The molecule has 1 fully saturated rings. The molecule has 1 heterocycles. The van der Waals surface area contributed by atoms with Gasteiger partial charge in [0, 0.05) is 18.8 Å². The Bertz CT molecular complexity index is 569. The van der Waals surface area contributed by atoms with E-state index in [1.807, 2.05) is 6.92 Å². The summed E-state index contributed by atoms with van der Waals surface area (Å²) in [5, 5.41) is 3.42. The molecular formula is C19H32N4O2. The Morgan fingerprint density at radius 3 is 2.56 bits per heavy atom. The van der Waals surface area contributed by atoms with Crippen molar-refractivity contribution in [1.29, 1.82) is 0 Å². The Kier molecular flexibility index (Phi) is 7.17. The molecule has 0 bridgehead atoms. The highest BCUT2D eigenvalue weighted by Crippen LogP contribution is 2.24. The summed E-state index contributed by atoms with van der Waals surface area (Å²) in [6, 6.07) is 0.353. The lowest BCUT2D eigenvalue weighted by Crippen LogP contribution is -2.30. The smallest absolute Gasteiger partial charge is 0.252 e. The van der Waals surface area contributed by atoms with Crippen molar-refractivity contribution in [2.75, 3.05) is 11.9 Å². The number of aromatic nitrogens is 2. The van der Waals surface area contributed by atoms with Gasteiger partial charge in [-0.15, -0.1) is 0 Å². The molecule has 2 rings (SSSR count). The third-order valence-electron chi connectivity index (χ3n) is 5.20. The molecule has 6 heteroatoms. The van der Waals surface area contributed by atoms with Crippen LogP contribution in [0.5, 0.6) is 0 Å². The topological polar surface area (TPSA) is 90.1 Å². The lowest BCUT2D eigenvalue weighted by Gasteiger charge is -2.29. The van der Waals surface area contributed by atoms with Gasteiger partial charge in [0.15, 0.2) is 0 Å². The van der Waals surface area contributed by atoms with E-state index >= 15 is 0 Å². The standard InChI is InChI=1S/C19H32N4O2/c1-5-25-15-8-6-14(7-9-15)22-19-21-11-16(18(20)24)17(23-19)10-13(4)12(2)3/h11-15H,5-10H2,1-4H3,(H2,20,24)(H,21,22,23)/t13-,14?,15?/m0/s1. The fraction of sp³-hybridized carbons (Fsp3) is 0.737. The first kappa shape index (κ1) is 19.6. The minimum absolute atomic E-state index is 0.353. The number of nitrogens with one attached hydrogen (secondary N) is 1. The van der Waals surface area contributed by atoms with Crippen molar-refractivity contribution < 1.29 is 9.53 Å². The highest BCUT2D eigenvalue weighted by atomic mass is 16.5. The molecule has 1 aliphatic carbocycles. The van der Waals surface area contributed by atoms with E-state index in [0.29, 0.717) is 35.5 Å². The second kappa shape index (κ2) is 9.13. The summed E-state index contributed by atoms with van der Waals surface area (Å²) < 4.78 is 5.70. The number of amides is 1. The first-order chi connectivity index (χ1) is 11.9. The van der Waals surface area contributed by atoms with Crippen LogP contribution in [0, 0.1) is 11.8 Å². The molecule has 1 atom stereocenters. The van der Waals surface area contributed by atoms with Crippen LogP contribution in [0.25, 0.3) is 0 Å². The van der Waals surface area contributed by atoms with Gasteiger partial charge in [-0.05, 0) is 50.9 Å². The van der Waals surface area contributed by atoms with Crippen molar-refractivity contribution in [2.24, 2.45) is 17.6 Å². The van der Waals surface area contributed by atoms with E-state index in [-0.39, 0.29) is 0 Å². The van der Waals surface area contributed by atoms with Crippen molar-refractivity contribution in [1.82, 2.24) is 9.97 Å². The summed E-state index contributed by atoms with van der Waals surface area (Å²) in [6.45, 7) is 9.33. The maximum absolute atomic E-state index is 11.7. The molecule has 0 spiro atoms. The Labute approximate surface area is 151 Å². The van der Waals surface area contributed by atoms with Crippen LogP contribution in [0.1, 0.15) is 69.4 Å². The van der Waals surface area contributed by atoms with E-state index in [9.17, 15) is 4.79 Å². The summed E-state index contributed by atoms with van der Waals surface area (Å²) in [7, 11) is 0. The summed E-state index contributed by atoms with van der Waals surface area (Å²) in [6.07, 6.45) is 6.87. The Morgan fingerprint density at radius 1 is 1.32 bits per heavy atom. The minimum atomic E-state index is -0.463. The number of ether oxygens (including phenoxy) is 1. The predicted molar refractivity (Wildman–Crippen MR) is 99.5 cm³/mol. The van der Waals surface area contributed by atoms with Gasteiger partial charge in [-0.25, -0.2) is 9.97 Å². The molecule has 0 saturated heterocycles. The van der Waals surface area contributed by atoms with E-state index in [1.54, 1.807) is 6.20 Å².